The molecule has 1 N–H and O–H groups in total. The molecule has 22 heavy (non-hydrogen) atoms. The van der Waals surface area contributed by atoms with Crippen LogP contribution in [-0.4, -0.2) is 28.9 Å². The van der Waals surface area contributed by atoms with Crippen molar-refractivity contribution in [1.29, 1.82) is 0 Å². The number of nitrogens with zero attached hydrogens (tertiary/aromatic N) is 1. The molecule has 5 nitrogen and oxygen atoms in total. The first-order valence-corrected chi connectivity index (χ1v) is 7.65. The van der Waals surface area contributed by atoms with Gasteiger partial charge < -0.3 is 10.1 Å². The molecule has 0 saturated carbocycles. The minimum Gasteiger partial charge on any atom is -0.460 e. The van der Waals surface area contributed by atoms with Crippen molar-refractivity contribution in [2.24, 2.45) is 0 Å². The summed E-state index contributed by atoms with van der Waals surface area (Å²) in [6.45, 7) is 10.3. The normalized spacial score (nSPS) is 11.3. The Morgan fingerprint density at radius 1 is 1.27 bits per heavy atom. The minimum atomic E-state index is -0.446. The molecule has 1 rings (SSSR count). The molecule has 0 radical (unpaired) electrons. The van der Waals surface area contributed by atoms with Crippen molar-refractivity contribution in [3.8, 4) is 0 Å². The number of hydrogen-bond donors (Lipinski definition) is 1. The van der Waals surface area contributed by atoms with Gasteiger partial charge in [0.05, 0.1) is 6.42 Å². The molecule has 0 aliphatic heterocycles. The van der Waals surface area contributed by atoms with E-state index < -0.39 is 5.60 Å². The Kier molecular flexibility index (Phi) is 6.68. The highest BCUT2D eigenvalue weighted by molar-refractivity contribution is 5.92. The minimum absolute atomic E-state index is 0.0286. The SMILES string of the molecule is CCc1nc(C(C)=O)ccc1CNCCC(=O)OC(C)(C)C. The number of hydrogen-bond acceptors (Lipinski definition) is 5. The van der Waals surface area contributed by atoms with Crippen molar-refractivity contribution in [1.82, 2.24) is 10.3 Å². The average Bonchev–Trinajstić information content (AvgIpc) is 2.41. The molecule has 0 aliphatic carbocycles. The van der Waals surface area contributed by atoms with Crippen LogP contribution < -0.4 is 5.32 Å². The van der Waals surface area contributed by atoms with Crippen LogP contribution in [0.2, 0.25) is 0 Å². The monoisotopic (exact) mass is 306 g/mol. The van der Waals surface area contributed by atoms with Gasteiger partial charge in [-0.15, -0.1) is 0 Å². The fraction of sp³-hybridized carbons (Fsp3) is 0.588. The molecule has 0 bridgehead atoms. The first-order chi connectivity index (χ1) is 10.2. The van der Waals surface area contributed by atoms with Crippen LogP contribution in [0, 0.1) is 0 Å². The van der Waals surface area contributed by atoms with E-state index in [9.17, 15) is 9.59 Å². The standard InChI is InChI=1S/C17H26N2O3/c1-6-14-13(7-8-15(19-14)12(2)20)11-18-10-9-16(21)22-17(3,4)5/h7-8,18H,6,9-11H2,1-5H3. The van der Waals surface area contributed by atoms with Crippen molar-refractivity contribution in [2.75, 3.05) is 6.54 Å². The van der Waals surface area contributed by atoms with Gasteiger partial charge in [0.15, 0.2) is 5.78 Å². The molecule has 1 aromatic heterocycles. The molecule has 0 atom stereocenters. The van der Waals surface area contributed by atoms with Gasteiger partial charge in [0, 0.05) is 25.7 Å². The molecule has 122 valence electrons. The number of rotatable bonds is 7. The van der Waals surface area contributed by atoms with Crippen molar-refractivity contribution in [2.45, 2.75) is 59.6 Å². The van der Waals surface area contributed by atoms with Crippen LogP contribution in [0.15, 0.2) is 12.1 Å². The molecule has 0 fully saturated rings. The van der Waals surface area contributed by atoms with E-state index >= 15 is 0 Å². The number of ketones is 1. The van der Waals surface area contributed by atoms with Crippen molar-refractivity contribution >= 4 is 11.8 Å². The second-order valence-electron chi connectivity index (χ2n) is 6.23. The number of carbonyl (C=O) groups is 2. The molecule has 0 spiro atoms. The first kappa shape index (κ1) is 18.3. The van der Waals surface area contributed by atoms with Gasteiger partial charge in [-0.3, -0.25) is 9.59 Å². The van der Waals surface area contributed by atoms with Gasteiger partial charge >= 0.3 is 5.97 Å². The Balaban J connectivity index is 2.48. The summed E-state index contributed by atoms with van der Waals surface area (Å²) in [5.41, 5.74) is 2.02. The quantitative estimate of drug-likeness (QED) is 0.476. The number of Topliss-reactive ketones (excluding diaryl/α,β-unsaturated/α-hetero) is 1. The maximum absolute atomic E-state index is 11.6. The summed E-state index contributed by atoms with van der Waals surface area (Å²) in [6, 6.07) is 3.66. The van der Waals surface area contributed by atoms with Gasteiger partial charge in [0.25, 0.3) is 0 Å². The van der Waals surface area contributed by atoms with E-state index in [2.05, 4.69) is 10.3 Å². The topological polar surface area (TPSA) is 68.3 Å². The lowest BCUT2D eigenvalue weighted by Crippen LogP contribution is -2.26. The van der Waals surface area contributed by atoms with E-state index in [-0.39, 0.29) is 11.8 Å². The van der Waals surface area contributed by atoms with E-state index in [1.54, 1.807) is 6.07 Å². The van der Waals surface area contributed by atoms with Gasteiger partial charge in [0.2, 0.25) is 0 Å². The fourth-order valence-corrected chi connectivity index (χ4v) is 2.00. The molecular formula is C17H26N2O3. The van der Waals surface area contributed by atoms with E-state index in [0.29, 0.717) is 25.2 Å². The van der Waals surface area contributed by atoms with Crippen LogP contribution in [0.1, 0.15) is 62.8 Å². The molecule has 0 saturated heterocycles. The summed E-state index contributed by atoms with van der Waals surface area (Å²) in [5, 5.41) is 3.22. The third-order valence-electron chi connectivity index (χ3n) is 3.01. The fourth-order valence-electron chi connectivity index (χ4n) is 2.00. The lowest BCUT2D eigenvalue weighted by Gasteiger charge is -2.19. The number of esters is 1. The van der Waals surface area contributed by atoms with Gasteiger partial charge in [-0.05, 0) is 38.8 Å². The number of carbonyl (C=O) groups excluding carboxylic acids is 2. The first-order valence-electron chi connectivity index (χ1n) is 7.65. The summed E-state index contributed by atoms with van der Waals surface area (Å²) < 4.78 is 5.25. The molecule has 5 heteroatoms. The Morgan fingerprint density at radius 2 is 1.95 bits per heavy atom. The number of pyridine rings is 1. The number of aromatic nitrogens is 1. The lowest BCUT2D eigenvalue weighted by atomic mass is 10.1. The molecule has 0 aromatic carbocycles. The van der Waals surface area contributed by atoms with Crippen LogP contribution in [0.4, 0.5) is 0 Å². The zero-order valence-corrected chi connectivity index (χ0v) is 14.2. The second-order valence-corrected chi connectivity index (χ2v) is 6.23. The zero-order valence-electron chi connectivity index (χ0n) is 14.2. The molecule has 1 heterocycles. The maximum atomic E-state index is 11.6. The van der Waals surface area contributed by atoms with Gasteiger partial charge in [-0.2, -0.15) is 0 Å². The Morgan fingerprint density at radius 3 is 2.50 bits per heavy atom. The third-order valence-corrected chi connectivity index (χ3v) is 3.01. The number of nitrogens with one attached hydrogen (secondary N) is 1. The van der Waals surface area contributed by atoms with Crippen LogP contribution in [0.25, 0.3) is 0 Å². The largest absolute Gasteiger partial charge is 0.460 e. The molecule has 0 amide bonds. The van der Waals surface area contributed by atoms with Crippen molar-refractivity contribution in [3.63, 3.8) is 0 Å². The van der Waals surface area contributed by atoms with E-state index in [1.165, 1.54) is 6.92 Å². The van der Waals surface area contributed by atoms with Gasteiger partial charge in [-0.25, -0.2) is 4.98 Å². The highest BCUT2D eigenvalue weighted by atomic mass is 16.6. The summed E-state index contributed by atoms with van der Waals surface area (Å²) in [5.74, 6) is -0.236. The van der Waals surface area contributed by atoms with E-state index in [4.69, 9.17) is 4.74 Å². The lowest BCUT2D eigenvalue weighted by molar-refractivity contribution is -0.154. The number of aryl methyl sites for hydroxylation is 1. The van der Waals surface area contributed by atoms with Crippen molar-refractivity contribution in [3.05, 3.63) is 29.1 Å². The smallest absolute Gasteiger partial charge is 0.307 e. The number of ether oxygens (including phenoxy) is 1. The Hall–Kier alpha value is -1.75. The highest BCUT2D eigenvalue weighted by Gasteiger charge is 2.15. The summed E-state index contributed by atoms with van der Waals surface area (Å²) in [7, 11) is 0. The van der Waals surface area contributed by atoms with Crippen LogP contribution in [-0.2, 0) is 22.5 Å². The summed E-state index contributed by atoms with van der Waals surface area (Å²) >= 11 is 0. The molecule has 0 unspecified atom stereocenters. The summed E-state index contributed by atoms with van der Waals surface area (Å²) in [6.07, 6.45) is 1.10. The Labute approximate surface area is 132 Å². The predicted molar refractivity (Wildman–Crippen MR) is 85.8 cm³/mol. The van der Waals surface area contributed by atoms with Crippen LogP contribution >= 0.6 is 0 Å². The average molecular weight is 306 g/mol. The van der Waals surface area contributed by atoms with E-state index in [1.807, 2.05) is 33.8 Å². The second kappa shape index (κ2) is 8.03. The molecular weight excluding hydrogens is 280 g/mol. The van der Waals surface area contributed by atoms with Gasteiger partial charge in [-0.1, -0.05) is 13.0 Å². The third kappa shape index (κ3) is 6.35. The molecule has 0 aliphatic rings. The van der Waals surface area contributed by atoms with E-state index in [0.717, 1.165) is 17.7 Å². The Bertz CT molecular complexity index is 533. The highest BCUT2D eigenvalue weighted by Crippen LogP contribution is 2.10. The predicted octanol–water partition coefficient (Wildman–Crippen LogP) is 2.67. The van der Waals surface area contributed by atoms with Crippen molar-refractivity contribution < 1.29 is 14.3 Å². The molecule has 1 aromatic rings. The van der Waals surface area contributed by atoms with Crippen LogP contribution in [0.3, 0.4) is 0 Å². The zero-order chi connectivity index (χ0) is 16.8. The van der Waals surface area contributed by atoms with Gasteiger partial charge in [0.1, 0.15) is 11.3 Å². The summed E-state index contributed by atoms with van der Waals surface area (Å²) in [4.78, 5) is 27.3. The maximum Gasteiger partial charge on any atom is 0.307 e. The van der Waals surface area contributed by atoms with Crippen LogP contribution in [0.5, 0.6) is 0 Å².